The zero-order valence-corrected chi connectivity index (χ0v) is 15.6. The number of para-hydroxylation sites is 1. The molecule has 0 aliphatic carbocycles. The molecule has 1 aromatic carbocycles. The van der Waals surface area contributed by atoms with Crippen LogP contribution in [0.15, 0.2) is 47.9 Å². The number of hydrogen-bond acceptors (Lipinski definition) is 3. The summed E-state index contributed by atoms with van der Waals surface area (Å²) in [6.45, 7) is 3.30. The van der Waals surface area contributed by atoms with Crippen LogP contribution in [0.3, 0.4) is 0 Å². The molecule has 136 valence electrons. The van der Waals surface area contributed by atoms with Crippen LogP contribution >= 0.6 is 11.3 Å². The molecule has 0 radical (unpaired) electrons. The third-order valence-corrected chi connectivity index (χ3v) is 5.43. The number of nitrogens with one attached hydrogen (secondary N) is 2. The van der Waals surface area contributed by atoms with Crippen LogP contribution in [-0.4, -0.2) is 36.0 Å². The van der Waals surface area contributed by atoms with Gasteiger partial charge in [0.25, 0.3) is 0 Å². The molecule has 3 rings (SSSR count). The van der Waals surface area contributed by atoms with Gasteiger partial charge < -0.3 is 15.5 Å². The average molecular weight is 369 g/mol. The fraction of sp³-hybridized carbons (Fsp3) is 0.300. The predicted octanol–water partition coefficient (Wildman–Crippen LogP) is 3.88. The third-order valence-electron chi connectivity index (χ3n) is 4.44. The maximum absolute atomic E-state index is 12.3. The first kappa shape index (κ1) is 18.2. The van der Waals surface area contributed by atoms with Crippen molar-refractivity contribution in [3.8, 4) is 0 Å². The van der Waals surface area contributed by atoms with Crippen LogP contribution in [0.2, 0.25) is 0 Å². The Morgan fingerprint density at radius 2 is 1.88 bits per heavy atom. The van der Waals surface area contributed by atoms with Crippen LogP contribution in [0.5, 0.6) is 0 Å². The number of thiophene rings is 1. The fourth-order valence-electron chi connectivity index (χ4n) is 2.91. The number of aryl methyl sites for hydroxylation is 1. The number of urea groups is 1. The van der Waals surface area contributed by atoms with Gasteiger partial charge in [-0.05, 0) is 55.0 Å². The second kappa shape index (κ2) is 8.67. The normalized spacial score (nSPS) is 15.2. The highest BCUT2D eigenvalue weighted by atomic mass is 32.1. The Morgan fingerprint density at radius 3 is 2.54 bits per heavy atom. The highest BCUT2D eigenvalue weighted by molar-refractivity contribution is 7.11. The molecule has 3 amide bonds. The van der Waals surface area contributed by atoms with Gasteiger partial charge >= 0.3 is 6.03 Å². The molecule has 1 saturated heterocycles. The summed E-state index contributed by atoms with van der Waals surface area (Å²) in [4.78, 5) is 27.3. The molecular formula is C20H23N3O2S. The minimum atomic E-state index is -0.0888. The zero-order chi connectivity index (χ0) is 18.4. The Morgan fingerprint density at radius 1 is 1.15 bits per heavy atom. The van der Waals surface area contributed by atoms with Crippen molar-refractivity contribution >= 4 is 35.0 Å². The minimum Gasteiger partial charge on any atom is -0.350 e. The molecule has 5 nitrogen and oxygen atoms in total. The summed E-state index contributed by atoms with van der Waals surface area (Å²) in [5.41, 5.74) is 1.97. The number of carbonyl (C=O) groups excluding carboxylic acids is 2. The van der Waals surface area contributed by atoms with E-state index in [0.717, 1.165) is 23.4 Å². The van der Waals surface area contributed by atoms with Gasteiger partial charge in [-0.1, -0.05) is 18.2 Å². The molecule has 0 unspecified atom stereocenters. The van der Waals surface area contributed by atoms with Gasteiger partial charge in [0.05, 0.1) is 0 Å². The number of rotatable bonds is 4. The van der Waals surface area contributed by atoms with E-state index in [4.69, 9.17) is 0 Å². The van der Waals surface area contributed by atoms with Crippen LogP contribution in [0.1, 0.15) is 23.3 Å². The summed E-state index contributed by atoms with van der Waals surface area (Å²) in [6, 6.07) is 11.5. The molecule has 2 N–H and O–H groups in total. The van der Waals surface area contributed by atoms with Gasteiger partial charge in [-0.2, -0.15) is 0 Å². The van der Waals surface area contributed by atoms with E-state index in [2.05, 4.69) is 10.6 Å². The first-order valence-corrected chi connectivity index (χ1v) is 9.63. The van der Waals surface area contributed by atoms with E-state index >= 15 is 0 Å². The lowest BCUT2D eigenvalue weighted by Crippen LogP contribution is -2.47. The highest BCUT2D eigenvalue weighted by Gasteiger charge is 2.23. The molecule has 2 heterocycles. The van der Waals surface area contributed by atoms with Crippen molar-refractivity contribution in [1.29, 1.82) is 0 Å². The van der Waals surface area contributed by atoms with E-state index < -0.39 is 0 Å². The van der Waals surface area contributed by atoms with Gasteiger partial charge in [0, 0.05) is 35.8 Å². The largest absolute Gasteiger partial charge is 0.350 e. The van der Waals surface area contributed by atoms with Crippen molar-refractivity contribution < 1.29 is 9.59 Å². The molecule has 6 heteroatoms. The topological polar surface area (TPSA) is 61.4 Å². The standard InChI is InChI=1S/C20H23N3O2S/c1-15-11-14-26-18(15)7-8-19(24)21-17-9-12-23(13-10-17)20(25)22-16-5-3-2-4-6-16/h2-8,11,14,17H,9-10,12-13H2,1H3,(H,21,24)(H,22,25). The summed E-state index contributed by atoms with van der Waals surface area (Å²) >= 11 is 1.62. The van der Waals surface area contributed by atoms with E-state index in [0.29, 0.717) is 13.1 Å². The first-order valence-electron chi connectivity index (χ1n) is 8.75. The molecule has 0 atom stereocenters. The average Bonchev–Trinajstić information content (AvgIpc) is 3.06. The van der Waals surface area contributed by atoms with Gasteiger partial charge in [0.1, 0.15) is 0 Å². The lowest BCUT2D eigenvalue weighted by molar-refractivity contribution is -0.117. The number of nitrogens with zero attached hydrogens (tertiary/aromatic N) is 1. The number of piperidine rings is 1. The van der Waals surface area contributed by atoms with Crippen LogP contribution in [0.25, 0.3) is 6.08 Å². The Labute approximate surface area is 157 Å². The van der Waals surface area contributed by atoms with Crippen molar-refractivity contribution in [3.05, 3.63) is 58.3 Å². The predicted molar refractivity (Wildman–Crippen MR) is 106 cm³/mol. The number of hydrogen-bond donors (Lipinski definition) is 2. The second-order valence-corrected chi connectivity index (χ2v) is 7.31. The maximum Gasteiger partial charge on any atom is 0.321 e. The second-order valence-electron chi connectivity index (χ2n) is 6.37. The third kappa shape index (κ3) is 4.95. The highest BCUT2D eigenvalue weighted by Crippen LogP contribution is 2.17. The van der Waals surface area contributed by atoms with Crippen LogP contribution in [-0.2, 0) is 4.79 Å². The zero-order valence-electron chi connectivity index (χ0n) is 14.8. The summed E-state index contributed by atoms with van der Waals surface area (Å²) in [5, 5.41) is 7.95. The number of anilines is 1. The first-order chi connectivity index (χ1) is 12.6. The Kier molecular flexibility index (Phi) is 6.07. The summed E-state index contributed by atoms with van der Waals surface area (Å²) < 4.78 is 0. The molecule has 0 spiro atoms. The molecule has 2 aromatic rings. The van der Waals surface area contributed by atoms with E-state index in [1.807, 2.05) is 54.8 Å². The number of carbonyl (C=O) groups is 2. The Bertz CT molecular complexity index is 777. The Hall–Kier alpha value is -2.60. The molecule has 1 aliphatic rings. The SMILES string of the molecule is Cc1ccsc1C=CC(=O)NC1CCN(C(=O)Nc2ccccc2)CC1. The maximum atomic E-state index is 12.3. The number of amides is 3. The summed E-state index contributed by atoms with van der Waals surface area (Å²) in [6.07, 6.45) is 4.98. The quantitative estimate of drug-likeness (QED) is 0.804. The van der Waals surface area contributed by atoms with E-state index in [1.165, 1.54) is 5.56 Å². The fourth-order valence-corrected chi connectivity index (χ4v) is 3.73. The van der Waals surface area contributed by atoms with Crippen LogP contribution < -0.4 is 10.6 Å². The van der Waals surface area contributed by atoms with E-state index in [9.17, 15) is 9.59 Å². The van der Waals surface area contributed by atoms with Crippen molar-refractivity contribution in [2.45, 2.75) is 25.8 Å². The van der Waals surface area contributed by atoms with E-state index in [-0.39, 0.29) is 18.0 Å². The molecule has 26 heavy (non-hydrogen) atoms. The molecule has 0 saturated carbocycles. The lowest BCUT2D eigenvalue weighted by Gasteiger charge is -2.32. The molecule has 1 aromatic heterocycles. The van der Waals surface area contributed by atoms with Gasteiger partial charge in [-0.15, -0.1) is 11.3 Å². The van der Waals surface area contributed by atoms with Crippen molar-refractivity contribution in [2.24, 2.45) is 0 Å². The minimum absolute atomic E-state index is 0.0787. The summed E-state index contributed by atoms with van der Waals surface area (Å²) in [5.74, 6) is -0.0787. The van der Waals surface area contributed by atoms with Gasteiger partial charge in [-0.25, -0.2) is 4.79 Å². The number of likely N-dealkylation sites (tertiary alicyclic amines) is 1. The monoisotopic (exact) mass is 369 g/mol. The van der Waals surface area contributed by atoms with Crippen LogP contribution in [0, 0.1) is 6.92 Å². The van der Waals surface area contributed by atoms with E-state index in [1.54, 1.807) is 22.3 Å². The van der Waals surface area contributed by atoms with Crippen molar-refractivity contribution in [1.82, 2.24) is 10.2 Å². The molecule has 1 fully saturated rings. The van der Waals surface area contributed by atoms with Crippen molar-refractivity contribution in [3.63, 3.8) is 0 Å². The van der Waals surface area contributed by atoms with Crippen LogP contribution in [0.4, 0.5) is 10.5 Å². The van der Waals surface area contributed by atoms with Gasteiger partial charge in [-0.3, -0.25) is 4.79 Å². The summed E-state index contributed by atoms with van der Waals surface area (Å²) in [7, 11) is 0. The lowest BCUT2D eigenvalue weighted by atomic mass is 10.1. The molecular weight excluding hydrogens is 346 g/mol. The Balaban J connectivity index is 1.43. The van der Waals surface area contributed by atoms with Crippen molar-refractivity contribution in [2.75, 3.05) is 18.4 Å². The molecule has 0 bridgehead atoms. The van der Waals surface area contributed by atoms with Gasteiger partial charge in [0.2, 0.25) is 5.91 Å². The van der Waals surface area contributed by atoms with Gasteiger partial charge in [0.15, 0.2) is 0 Å². The number of benzene rings is 1. The molecule has 1 aliphatic heterocycles. The smallest absolute Gasteiger partial charge is 0.321 e.